The smallest absolute Gasteiger partial charge is 0.123 e. The molecule has 1 nitrogen and oxygen atoms in total. The monoisotopic (exact) mass is 245 g/mol. The SMILES string of the molecule is CC(C)(C)C1CCc2nc3sccc3cc2C1. The molecule has 2 aromatic heterocycles. The molecule has 0 N–H and O–H groups in total. The summed E-state index contributed by atoms with van der Waals surface area (Å²) >= 11 is 1.76. The molecule has 1 atom stereocenters. The van der Waals surface area contributed by atoms with Crippen LogP contribution in [0.2, 0.25) is 0 Å². The van der Waals surface area contributed by atoms with Gasteiger partial charge in [-0.3, -0.25) is 0 Å². The molecule has 1 aliphatic carbocycles. The Morgan fingerprint density at radius 2 is 2.18 bits per heavy atom. The summed E-state index contributed by atoms with van der Waals surface area (Å²) < 4.78 is 0. The molecule has 0 bridgehead atoms. The van der Waals surface area contributed by atoms with Crippen molar-refractivity contribution in [3.8, 4) is 0 Å². The molecule has 90 valence electrons. The lowest BCUT2D eigenvalue weighted by molar-refractivity contribution is 0.215. The predicted molar refractivity (Wildman–Crippen MR) is 74.6 cm³/mol. The van der Waals surface area contributed by atoms with Crippen LogP contribution in [0.15, 0.2) is 17.5 Å². The first-order chi connectivity index (χ1) is 8.04. The van der Waals surface area contributed by atoms with Gasteiger partial charge in [-0.15, -0.1) is 11.3 Å². The van der Waals surface area contributed by atoms with Crippen molar-refractivity contribution in [1.29, 1.82) is 0 Å². The topological polar surface area (TPSA) is 12.9 Å². The van der Waals surface area contributed by atoms with E-state index in [0.29, 0.717) is 5.41 Å². The molecular formula is C15H19NS. The Balaban J connectivity index is 2.01. The minimum Gasteiger partial charge on any atom is -0.242 e. The lowest BCUT2D eigenvalue weighted by Crippen LogP contribution is -2.27. The highest BCUT2D eigenvalue weighted by Crippen LogP contribution is 2.37. The Kier molecular flexibility index (Phi) is 2.51. The van der Waals surface area contributed by atoms with Gasteiger partial charge in [-0.25, -0.2) is 4.98 Å². The normalized spacial score (nSPS) is 20.5. The molecule has 0 fully saturated rings. The van der Waals surface area contributed by atoms with Gasteiger partial charge >= 0.3 is 0 Å². The largest absolute Gasteiger partial charge is 0.242 e. The maximum Gasteiger partial charge on any atom is 0.123 e. The number of pyridine rings is 1. The first-order valence-electron chi connectivity index (χ1n) is 6.40. The van der Waals surface area contributed by atoms with Crippen LogP contribution < -0.4 is 0 Å². The lowest BCUT2D eigenvalue weighted by Gasteiger charge is -2.34. The van der Waals surface area contributed by atoms with Crippen molar-refractivity contribution in [1.82, 2.24) is 4.98 Å². The maximum atomic E-state index is 4.81. The fraction of sp³-hybridized carbons (Fsp3) is 0.533. The standard InChI is InChI=1S/C15H19NS/c1-15(2,3)12-4-5-13-11(9-12)8-10-6-7-17-14(10)16-13/h6-8,12H,4-5,9H2,1-3H3. The van der Waals surface area contributed by atoms with E-state index in [9.17, 15) is 0 Å². The summed E-state index contributed by atoms with van der Waals surface area (Å²) in [5.74, 6) is 0.799. The number of fused-ring (bicyclic) bond motifs is 2. The van der Waals surface area contributed by atoms with Gasteiger partial charge in [-0.05, 0) is 53.7 Å². The van der Waals surface area contributed by atoms with Gasteiger partial charge in [0, 0.05) is 11.1 Å². The Hall–Kier alpha value is -0.890. The van der Waals surface area contributed by atoms with E-state index in [1.807, 2.05) is 0 Å². The molecule has 2 heteroatoms. The molecule has 1 unspecified atom stereocenters. The zero-order valence-corrected chi connectivity index (χ0v) is 11.6. The Labute approximate surface area is 107 Å². The highest BCUT2D eigenvalue weighted by atomic mass is 32.1. The van der Waals surface area contributed by atoms with E-state index >= 15 is 0 Å². The van der Waals surface area contributed by atoms with Crippen molar-refractivity contribution in [2.45, 2.75) is 40.0 Å². The van der Waals surface area contributed by atoms with Gasteiger partial charge in [0.15, 0.2) is 0 Å². The Bertz CT molecular complexity index is 548. The fourth-order valence-electron chi connectivity index (χ4n) is 2.79. The van der Waals surface area contributed by atoms with E-state index < -0.39 is 0 Å². The van der Waals surface area contributed by atoms with Gasteiger partial charge in [0.1, 0.15) is 4.83 Å². The fourth-order valence-corrected chi connectivity index (χ4v) is 3.56. The van der Waals surface area contributed by atoms with Crippen molar-refractivity contribution < 1.29 is 0 Å². The van der Waals surface area contributed by atoms with Crippen molar-refractivity contribution in [2.75, 3.05) is 0 Å². The molecule has 0 amide bonds. The van der Waals surface area contributed by atoms with E-state index in [-0.39, 0.29) is 0 Å². The average molecular weight is 245 g/mol. The van der Waals surface area contributed by atoms with Gasteiger partial charge in [-0.1, -0.05) is 20.8 Å². The predicted octanol–water partition coefficient (Wildman–Crippen LogP) is 4.45. The summed E-state index contributed by atoms with van der Waals surface area (Å²) in [4.78, 5) is 6.02. The van der Waals surface area contributed by atoms with Gasteiger partial charge in [0.2, 0.25) is 0 Å². The van der Waals surface area contributed by atoms with Crippen LogP contribution in [0, 0.1) is 11.3 Å². The van der Waals surface area contributed by atoms with Crippen LogP contribution >= 0.6 is 11.3 Å². The third-order valence-corrected chi connectivity index (χ3v) is 4.85. The maximum absolute atomic E-state index is 4.81. The van der Waals surface area contributed by atoms with E-state index in [1.165, 1.54) is 34.3 Å². The molecule has 0 radical (unpaired) electrons. The van der Waals surface area contributed by atoms with Crippen LogP contribution in [0.3, 0.4) is 0 Å². The van der Waals surface area contributed by atoms with Gasteiger partial charge in [0.05, 0.1) is 0 Å². The molecule has 0 saturated heterocycles. The summed E-state index contributed by atoms with van der Waals surface area (Å²) in [6, 6.07) is 4.56. The number of aromatic nitrogens is 1. The molecule has 17 heavy (non-hydrogen) atoms. The number of hydrogen-bond donors (Lipinski definition) is 0. The molecule has 0 aromatic carbocycles. The first kappa shape index (κ1) is 11.2. The zero-order valence-electron chi connectivity index (χ0n) is 10.8. The van der Waals surface area contributed by atoms with Crippen LogP contribution in [0.1, 0.15) is 38.4 Å². The van der Waals surface area contributed by atoms with Gasteiger partial charge in [-0.2, -0.15) is 0 Å². The number of hydrogen-bond acceptors (Lipinski definition) is 2. The second-order valence-corrected chi connectivity index (χ2v) is 7.11. The Morgan fingerprint density at radius 3 is 2.94 bits per heavy atom. The highest BCUT2D eigenvalue weighted by Gasteiger charge is 2.29. The molecule has 1 aliphatic rings. The van der Waals surface area contributed by atoms with E-state index in [2.05, 4.69) is 38.3 Å². The number of rotatable bonds is 0. The van der Waals surface area contributed by atoms with Crippen LogP contribution in [0.25, 0.3) is 10.2 Å². The van der Waals surface area contributed by atoms with E-state index in [1.54, 1.807) is 11.3 Å². The van der Waals surface area contributed by atoms with Crippen molar-refractivity contribution in [3.05, 3.63) is 28.8 Å². The summed E-state index contributed by atoms with van der Waals surface area (Å²) in [7, 11) is 0. The third kappa shape index (κ3) is 1.99. The summed E-state index contributed by atoms with van der Waals surface area (Å²) in [5, 5.41) is 3.47. The summed E-state index contributed by atoms with van der Waals surface area (Å²) in [5.41, 5.74) is 3.25. The minimum absolute atomic E-state index is 0.418. The van der Waals surface area contributed by atoms with Crippen LogP contribution in [-0.2, 0) is 12.8 Å². The average Bonchev–Trinajstić information content (AvgIpc) is 2.70. The molecule has 0 spiro atoms. The third-order valence-electron chi connectivity index (χ3n) is 4.03. The van der Waals surface area contributed by atoms with Crippen LogP contribution in [0.5, 0.6) is 0 Å². The number of nitrogens with zero attached hydrogens (tertiary/aromatic N) is 1. The van der Waals surface area contributed by atoms with E-state index in [0.717, 1.165) is 12.3 Å². The number of thiophene rings is 1. The van der Waals surface area contributed by atoms with Gasteiger partial charge < -0.3 is 0 Å². The molecule has 3 rings (SSSR count). The van der Waals surface area contributed by atoms with E-state index in [4.69, 9.17) is 4.98 Å². The lowest BCUT2D eigenvalue weighted by atomic mass is 9.71. The zero-order chi connectivity index (χ0) is 12.0. The summed E-state index contributed by atoms with van der Waals surface area (Å²) in [6.07, 6.45) is 3.66. The van der Waals surface area contributed by atoms with Gasteiger partial charge in [0.25, 0.3) is 0 Å². The molecular weight excluding hydrogens is 226 g/mol. The quantitative estimate of drug-likeness (QED) is 0.668. The second kappa shape index (κ2) is 3.81. The molecule has 0 aliphatic heterocycles. The van der Waals surface area contributed by atoms with Crippen LogP contribution in [0.4, 0.5) is 0 Å². The molecule has 0 saturated carbocycles. The van der Waals surface area contributed by atoms with Crippen LogP contribution in [-0.4, -0.2) is 4.98 Å². The Morgan fingerprint density at radius 1 is 1.35 bits per heavy atom. The highest BCUT2D eigenvalue weighted by molar-refractivity contribution is 7.16. The molecule has 2 heterocycles. The van der Waals surface area contributed by atoms with Crippen molar-refractivity contribution in [3.63, 3.8) is 0 Å². The minimum atomic E-state index is 0.418. The number of aryl methyl sites for hydroxylation is 1. The van der Waals surface area contributed by atoms with Crippen molar-refractivity contribution >= 4 is 21.6 Å². The molecule has 2 aromatic rings. The second-order valence-electron chi connectivity index (χ2n) is 6.21. The van der Waals surface area contributed by atoms with Crippen molar-refractivity contribution in [2.24, 2.45) is 11.3 Å². The summed E-state index contributed by atoms with van der Waals surface area (Å²) in [6.45, 7) is 7.08. The first-order valence-corrected chi connectivity index (χ1v) is 7.28.